The van der Waals surface area contributed by atoms with Crippen LogP contribution in [0.15, 0.2) is 24.3 Å². The highest BCUT2D eigenvalue weighted by Gasteiger charge is 2.20. The number of nitrogens with zero attached hydrogens (tertiary/aromatic N) is 1. The summed E-state index contributed by atoms with van der Waals surface area (Å²) in [6, 6.07) is 7.74. The number of carbonyl (C=O) groups is 1. The number of carbonyl (C=O) groups excluding carboxylic acids is 1. The monoisotopic (exact) mass is 291 g/mol. The van der Waals surface area contributed by atoms with Crippen LogP contribution in [0.4, 0.5) is 0 Å². The summed E-state index contributed by atoms with van der Waals surface area (Å²) in [4.78, 5) is 15.2. The van der Waals surface area contributed by atoms with E-state index in [1.165, 1.54) is 0 Å². The van der Waals surface area contributed by atoms with Crippen LogP contribution in [0.1, 0.15) is 28.9 Å². The molecule has 2 heterocycles. The predicted octanol–water partition coefficient (Wildman–Crippen LogP) is 1.88. The normalized spacial score (nSPS) is 17.4. The summed E-state index contributed by atoms with van der Waals surface area (Å²) in [5.41, 5.74) is 2.50. The van der Waals surface area contributed by atoms with Gasteiger partial charge in [0.2, 0.25) is 0 Å². The number of benzene rings is 1. The minimum Gasteiger partial charge on any atom is -0.351 e. The third-order valence-corrected chi connectivity index (χ3v) is 4.69. The number of aromatic amines is 1. The lowest BCUT2D eigenvalue weighted by Crippen LogP contribution is -2.36. The van der Waals surface area contributed by atoms with E-state index in [4.69, 9.17) is 0 Å². The number of aromatic nitrogens is 1. The molecule has 1 amide bonds. The van der Waals surface area contributed by atoms with Crippen LogP contribution in [0.2, 0.25) is 0 Å². The maximum Gasteiger partial charge on any atom is 0.280 e. The Labute approximate surface area is 120 Å². The van der Waals surface area contributed by atoms with E-state index < -0.39 is 11.2 Å². The van der Waals surface area contributed by atoms with E-state index in [-0.39, 0.29) is 5.91 Å². The van der Waals surface area contributed by atoms with Crippen molar-refractivity contribution in [1.29, 1.82) is 0 Å². The summed E-state index contributed by atoms with van der Waals surface area (Å²) in [5.74, 6) is -0.330. The average Bonchev–Trinajstić information content (AvgIpc) is 3.07. The first-order chi connectivity index (χ1) is 9.63. The molecule has 5 nitrogen and oxygen atoms in total. The smallest absolute Gasteiger partial charge is 0.280 e. The summed E-state index contributed by atoms with van der Waals surface area (Å²) in [5, 5.41) is 0.988. The van der Waals surface area contributed by atoms with Gasteiger partial charge < -0.3 is 4.98 Å². The van der Waals surface area contributed by atoms with Crippen molar-refractivity contribution >= 4 is 28.0 Å². The number of H-pyrrole nitrogens is 1. The summed E-state index contributed by atoms with van der Waals surface area (Å²) in [7, 11) is 0. The van der Waals surface area contributed by atoms with E-state index in [1.807, 2.05) is 25.1 Å². The second kappa shape index (κ2) is 5.38. The zero-order chi connectivity index (χ0) is 14.1. The first kappa shape index (κ1) is 13.3. The number of hydrogen-bond acceptors (Lipinski definition) is 2. The van der Waals surface area contributed by atoms with Crippen LogP contribution < -0.4 is 4.72 Å². The lowest BCUT2D eigenvalue weighted by Gasteiger charge is -2.13. The van der Waals surface area contributed by atoms with Gasteiger partial charge in [0, 0.05) is 24.0 Å². The van der Waals surface area contributed by atoms with Gasteiger partial charge in [-0.25, -0.2) is 8.51 Å². The maximum atomic E-state index is 12.1. The van der Waals surface area contributed by atoms with Crippen LogP contribution in [-0.2, 0) is 11.2 Å². The van der Waals surface area contributed by atoms with Crippen molar-refractivity contribution in [3.8, 4) is 0 Å². The van der Waals surface area contributed by atoms with E-state index in [1.54, 1.807) is 10.4 Å². The molecular weight excluding hydrogens is 274 g/mol. The summed E-state index contributed by atoms with van der Waals surface area (Å²) < 4.78 is 16.3. The van der Waals surface area contributed by atoms with Crippen molar-refractivity contribution in [3.63, 3.8) is 0 Å². The van der Waals surface area contributed by atoms with Gasteiger partial charge in [0.15, 0.2) is 11.2 Å². The molecule has 1 atom stereocenters. The summed E-state index contributed by atoms with van der Waals surface area (Å²) in [6.07, 6.45) is 2.07. The topological polar surface area (TPSA) is 65.2 Å². The average molecular weight is 291 g/mol. The molecule has 20 heavy (non-hydrogen) atoms. The Morgan fingerprint density at radius 2 is 2.05 bits per heavy atom. The van der Waals surface area contributed by atoms with Gasteiger partial charge in [-0.3, -0.25) is 9.52 Å². The molecule has 1 aromatic carbocycles. The molecule has 1 fully saturated rings. The quantitative estimate of drug-likeness (QED) is 0.907. The fraction of sp³-hybridized carbons (Fsp3) is 0.357. The molecule has 1 unspecified atom stereocenters. The highest BCUT2D eigenvalue weighted by molar-refractivity contribution is 7.81. The lowest BCUT2D eigenvalue weighted by molar-refractivity contribution is 0.0977. The Kier molecular flexibility index (Phi) is 3.58. The van der Waals surface area contributed by atoms with Gasteiger partial charge in [0.25, 0.3) is 5.91 Å². The molecule has 6 heteroatoms. The van der Waals surface area contributed by atoms with Gasteiger partial charge in [-0.15, -0.1) is 0 Å². The fourth-order valence-electron chi connectivity index (χ4n) is 2.43. The zero-order valence-electron chi connectivity index (χ0n) is 11.3. The number of nitrogens with one attached hydrogen (secondary N) is 2. The van der Waals surface area contributed by atoms with Gasteiger partial charge in [-0.2, -0.15) is 0 Å². The Balaban J connectivity index is 1.76. The molecule has 106 valence electrons. The number of fused-ring (bicyclic) bond motifs is 1. The third-order valence-electron chi connectivity index (χ3n) is 3.50. The highest BCUT2D eigenvalue weighted by atomic mass is 32.2. The number of rotatable bonds is 3. The molecule has 0 radical (unpaired) electrons. The zero-order valence-corrected chi connectivity index (χ0v) is 12.1. The van der Waals surface area contributed by atoms with Crippen LogP contribution in [0, 0.1) is 6.92 Å². The van der Waals surface area contributed by atoms with Crippen molar-refractivity contribution in [2.24, 2.45) is 0 Å². The number of hydrogen-bond donors (Lipinski definition) is 2. The van der Waals surface area contributed by atoms with Crippen molar-refractivity contribution in [1.82, 2.24) is 14.0 Å². The van der Waals surface area contributed by atoms with Crippen molar-refractivity contribution in [2.75, 3.05) is 13.1 Å². The van der Waals surface area contributed by atoms with Gasteiger partial charge in [0.05, 0.1) is 0 Å². The molecular formula is C14H17N3O2S. The lowest BCUT2D eigenvalue weighted by atomic mass is 10.2. The molecule has 1 aliphatic rings. The Bertz CT molecular complexity index is 674. The molecule has 1 aromatic heterocycles. The van der Waals surface area contributed by atoms with Gasteiger partial charge >= 0.3 is 0 Å². The molecule has 1 aliphatic heterocycles. The predicted molar refractivity (Wildman–Crippen MR) is 79.5 cm³/mol. The van der Waals surface area contributed by atoms with Crippen LogP contribution in [-0.4, -0.2) is 32.5 Å². The van der Waals surface area contributed by atoms with Crippen LogP contribution >= 0.6 is 0 Å². The molecule has 0 aliphatic carbocycles. The maximum absolute atomic E-state index is 12.1. The molecule has 3 rings (SSSR count). The molecule has 0 bridgehead atoms. The second-order valence-corrected chi connectivity index (χ2v) is 6.31. The molecule has 0 spiro atoms. The molecule has 0 saturated carbocycles. The van der Waals surface area contributed by atoms with E-state index >= 15 is 0 Å². The van der Waals surface area contributed by atoms with Gasteiger partial charge in [0.1, 0.15) is 5.69 Å². The van der Waals surface area contributed by atoms with Gasteiger partial charge in [-0.05, 0) is 38.0 Å². The van der Waals surface area contributed by atoms with Crippen molar-refractivity contribution in [3.05, 3.63) is 35.5 Å². The van der Waals surface area contributed by atoms with E-state index in [0.29, 0.717) is 5.69 Å². The summed E-state index contributed by atoms with van der Waals surface area (Å²) in [6.45, 7) is 3.56. The minimum absolute atomic E-state index is 0.330. The Morgan fingerprint density at radius 1 is 1.30 bits per heavy atom. The van der Waals surface area contributed by atoms with E-state index in [9.17, 15) is 9.00 Å². The SMILES string of the molecule is Cc1ccc2[nH]c(C(=O)NS(=O)N3CCCC3)cc2c1. The van der Waals surface area contributed by atoms with Gasteiger partial charge in [-0.1, -0.05) is 11.6 Å². The first-order valence-electron chi connectivity index (χ1n) is 6.71. The van der Waals surface area contributed by atoms with Crippen LogP contribution in [0.3, 0.4) is 0 Å². The largest absolute Gasteiger partial charge is 0.351 e. The third kappa shape index (κ3) is 2.62. The van der Waals surface area contributed by atoms with Crippen molar-refractivity contribution in [2.45, 2.75) is 19.8 Å². The van der Waals surface area contributed by atoms with Crippen molar-refractivity contribution < 1.29 is 9.00 Å². The molecule has 2 N–H and O–H groups in total. The standard InChI is InChI=1S/C14H17N3O2S/c1-10-4-5-12-11(8-10)9-13(15-12)14(18)16-20(19)17-6-2-3-7-17/h4-5,8-9,15H,2-3,6-7H2,1H3,(H,16,18). The van der Waals surface area contributed by atoms with E-state index in [0.717, 1.165) is 42.4 Å². The first-order valence-corrected chi connectivity index (χ1v) is 7.81. The molecule has 1 saturated heterocycles. The van der Waals surface area contributed by atoms with Crippen LogP contribution in [0.25, 0.3) is 10.9 Å². The van der Waals surface area contributed by atoms with E-state index in [2.05, 4.69) is 9.71 Å². The van der Waals surface area contributed by atoms with Crippen LogP contribution in [0.5, 0.6) is 0 Å². The number of aryl methyl sites for hydroxylation is 1. The second-order valence-electron chi connectivity index (χ2n) is 5.09. The fourth-order valence-corrected chi connectivity index (χ4v) is 3.41. The number of amides is 1. The Hall–Kier alpha value is -1.66. The minimum atomic E-state index is -1.44. The highest BCUT2D eigenvalue weighted by Crippen LogP contribution is 2.17. The molecule has 2 aromatic rings. The Morgan fingerprint density at radius 3 is 2.80 bits per heavy atom. The summed E-state index contributed by atoms with van der Waals surface area (Å²) >= 11 is -1.44.